The minimum absolute atomic E-state index is 0.187. The molecule has 254 valence electrons. The predicted molar refractivity (Wildman–Crippen MR) is 186 cm³/mol. The summed E-state index contributed by atoms with van der Waals surface area (Å²) in [5, 5.41) is 12.1. The molecule has 0 spiro atoms. The molecule has 0 unspecified atom stereocenters. The number of likely N-dealkylation sites (N-methyl/N-ethyl adjacent to an activating group) is 1. The van der Waals surface area contributed by atoms with E-state index in [1.165, 1.54) is 10.8 Å². The maximum Gasteiger partial charge on any atom is 0.410 e. The van der Waals surface area contributed by atoms with Gasteiger partial charge in [0, 0.05) is 56.4 Å². The topological polar surface area (TPSA) is 107 Å². The molecule has 7 rings (SSSR count). The lowest BCUT2D eigenvalue weighted by atomic mass is 10.0. The van der Waals surface area contributed by atoms with Crippen LogP contribution in [0.15, 0.2) is 66.7 Å². The standard InChI is InChI=1S/C38H43N7O4/c1-42-18-8-12-30(42)26-48-37-40-34-24-43(22-32-31-13-7-6-11-28(31)14-15-35(32)47-2)23-33(34)36(41-37)44-19-20-45(29(21-44)16-17-39)38(46)49-25-27-9-4-3-5-10-27/h3-7,9-11,13-15,29-30H,8,12,16,18-26H2,1-2H3/t29-,30-/m0/s1. The maximum absolute atomic E-state index is 13.3. The smallest absolute Gasteiger partial charge is 0.410 e. The number of methoxy groups -OCH3 is 1. The third-order valence-electron chi connectivity index (χ3n) is 10.0. The van der Waals surface area contributed by atoms with Crippen LogP contribution in [0.3, 0.4) is 0 Å². The van der Waals surface area contributed by atoms with Crippen LogP contribution in [0.25, 0.3) is 10.8 Å². The van der Waals surface area contributed by atoms with Crippen molar-refractivity contribution < 1.29 is 19.0 Å². The zero-order chi connectivity index (χ0) is 33.7. The van der Waals surface area contributed by atoms with Gasteiger partial charge in [0.05, 0.1) is 31.3 Å². The van der Waals surface area contributed by atoms with Crippen LogP contribution in [0.5, 0.6) is 11.8 Å². The van der Waals surface area contributed by atoms with E-state index in [4.69, 9.17) is 24.2 Å². The molecular weight excluding hydrogens is 618 g/mol. The van der Waals surface area contributed by atoms with Gasteiger partial charge in [0.15, 0.2) is 0 Å². The Morgan fingerprint density at radius 2 is 1.82 bits per heavy atom. The van der Waals surface area contributed by atoms with Gasteiger partial charge in [-0.3, -0.25) is 4.90 Å². The van der Waals surface area contributed by atoms with E-state index in [9.17, 15) is 10.1 Å². The van der Waals surface area contributed by atoms with Crippen molar-refractivity contribution in [2.75, 3.05) is 51.8 Å². The fourth-order valence-electron chi connectivity index (χ4n) is 7.34. The second-order valence-electron chi connectivity index (χ2n) is 13.2. The summed E-state index contributed by atoms with van der Waals surface area (Å²) in [6.45, 7) is 5.19. The van der Waals surface area contributed by atoms with E-state index in [2.05, 4.69) is 58.1 Å². The van der Waals surface area contributed by atoms with Crippen LogP contribution in [-0.2, 0) is 31.0 Å². The van der Waals surface area contributed by atoms with Crippen LogP contribution >= 0.6 is 0 Å². The van der Waals surface area contributed by atoms with E-state index in [-0.39, 0.29) is 19.1 Å². The van der Waals surface area contributed by atoms with Crippen LogP contribution in [-0.4, -0.2) is 89.8 Å². The van der Waals surface area contributed by atoms with Crippen molar-refractivity contribution in [3.63, 3.8) is 0 Å². The summed E-state index contributed by atoms with van der Waals surface area (Å²) in [5.74, 6) is 1.67. The molecule has 2 saturated heterocycles. The van der Waals surface area contributed by atoms with Crippen molar-refractivity contribution in [1.82, 2.24) is 24.7 Å². The van der Waals surface area contributed by atoms with Crippen LogP contribution in [0.2, 0.25) is 0 Å². The molecule has 4 heterocycles. The fraction of sp³-hybridized carbons (Fsp3) is 0.421. The highest BCUT2D eigenvalue weighted by Crippen LogP contribution is 2.36. The molecule has 0 aliphatic carbocycles. The monoisotopic (exact) mass is 661 g/mol. The Kier molecular flexibility index (Phi) is 9.77. The van der Waals surface area contributed by atoms with Gasteiger partial charge >= 0.3 is 12.1 Å². The molecule has 4 aromatic rings. The number of ether oxygens (including phenoxy) is 3. The minimum Gasteiger partial charge on any atom is -0.496 e. The van der Waals surface area contributed by atoms with Gasteiger partial charge in [-0.15, -0.1) is 0 Å². The summed E-state index contributed by atoms with van der Waals surface area (Å²) in [6.07, 6.45) is 2.03. The van der Waals surface area contributed by atoms with Crippen molar-refractivity contribution in [3.8, 4) is 17.8 Å². The molecule has 0 radical (unpaired) electrons. The van der Waals surface area contributed by atoms with Gasteiger partial charge in [0.25, 0.3) is 0 Å². The molecule has 3 aliphatic rings. The van der Waals surface area contributed by atoms with Gasteiger partial charge < -0.3 is 28.9 Å². The maximum atomic E-state index is 13.3. The Bertz CT molecular complexity index is 1830. The first-order valence-corrected chi connectivity index (χ1v) is 17.1. The number of aromatic nitrogens is 2. The summed E-state index contributed by atoms with van der Waals surface area (Å²) in [7, 11) is 3.85. The average Bonchev–Trinajstić information content (AvgIpc) is 3.74. The van der Waals surface area contributed by atoms with Crippen molar-refractivity contribution in [3.05, 3.63) is 89.1 Å². The number of piperazine rings is 1. The van der Waals surface area contributed by atoms with Crippen LogP contribution in [0.4, 0.5) is 10.6 Å². The number of carbonyl (C=O) groups is 1. The molecule has 2 atom stereocenters. The number of fused-ring (bicyclic) bond motifs is 2. The van der Waals surface area contributed by atoms with Crippen molar-refractivity contribution >= 4 is 22.7 Å². The number of hydrogen-bond donors (Lipinski definition) is 0. The largest absolute Gasteiger partial charge is 0.496 e. The summed E-state index contributed by atoms with van der Waals surface area (Å²) in [4.78, 5) is 31.8. The Balaban J connectivity index is 1.14. The molecule has 0 saturated carbocycles. The first kappa shape index (κ1) is 32.6. The number of anilines is 1. The van der Waals surface area contributed by atoms with Crippen molar-refractivity contribution in [1.29, 1.82) is 5.26 Å². The van der Waals surface area contributed by atoms with Crippen LogP contribution in [0.1, 0.15) is 41.6 Å². The molecule has 3 aliphatic heterocycles. The van der Waals surface area contributed by atoms with Crippen LogP contribution < -0.4 is 14.4 Å². The lowest BCUT2D eigenvalue weighted by Gasteiger charge is -2.41. The number of benzene rings is 3. The summed E-state index contributed by atoms with van der Waals surface area (Å²) >= 11 is 0. The van der Waals surface area contributed by atoms with Gasteiger partial charge in [0.1, 0.15) is 24.8 Å². The Hall–Kier alpha value is -4.92. The molecule has 11 nitrogen and oxygen atoms in total. The molecule has 2 fully saturated rings. The number of amides is 1. The molecule has 1 amide bonds. The first-order valence-electron chi connectivity index (χ1n) is 17.1. The minimum atomic E-state index is -0.406. The molecule has 0 bridgehead atoms. The van der Waals surface area contributed by atoms with Crippen LogP contribution in [0, 0.1) is 11.3 Å². The quantitative estimate of drug-likeness (QED) is 0.220. The zero-order valence-electron chi connectivity index (χ0n) is 28.3. The predicted octanol–water partition coefficient (Wildman–Crippen LogP) is 5.37. The number of likely N-dealkylation sites (tertiary alicyclic amines) is 1. The second kappa shape index (κ2) is 14.7. The molecule has 11 heteroatoms. The second-order valence-corrected chi connectivity index (χ2v) is 13.2. The van der Waals surface area contributed by atoms with Gasteiger partial charge in [-0.2, -0.15) is 15.2 Å². The van der Waals surface area contributed by atoms with E-state index in [0.717, 1.165) is 53.3 Å². The molecule has 0 N–H and O–H groups in total. The normalized spacial score (nSPS) is 19.5. The van der Waals surface area contributed by atoms with Gasteiger partial charge in [-0.05, 0) is 48.8 Å². The van der Waals surface area contributed by atoms with E-state index >= 15 is 0 Å². The van der Waals surface area contributed by atoms with E-state index in [1.54, 1.807) is 12.0 Å². The highest BCUT2D eigenvalue weighted by atomic mass is 16.6. The number of rotatable bonds is 10. The molecule has 3 aromatic carbocycles. The third-order valence-corrected chi connectivity index (χ3v) is 10.0. The number of carbonyl (C=O) groups excluding carboxylic acids is 1. The summed E-state index contributed by atoms with van der Waals surface area (Å²) in [5.41, 5.74) is 4.06. The summed E-state index contributed by atoms with van der Waals surface area (Å²) < 4.78 is 17.8. The lowest BCUT2D eigenvalue weighted by Crippen LogP contribution is -2.55. The third kappa shape index (κ3) is 7.12. The average molecular weight is 662 g/mol. The Labute approximate surface area is 287 Å². The molecule has 1 aromatic heterocycles. The number of nitriles is 1. The van der Waals surface area contributed by atoms with Crippen molar-refractivity contribution in [2.45, 2.75) is 57.6 Å². The molecule has 49 heavy (non-hydrogen) atoms. The Morgan fingerprint density at radius 1 is 0.980 bits per heavy atom. The SMILES string of the molecule is COc1ccc2ccccc2c1CN1Cc2nc(OC[C@@H]3CCCN3C)nc(N3CCN(C(=O)OCc4ccccc4)[C@@H](CC#N)C3)c2C1. The lowest BCUT2D eigenvalue weighted by molar-refractivity contribution is 0.0767. The highest BCUT2D eigenvalue weighted by Gasteiger charge is 2.36. The Morgan fingerprint density at radius 3 is 2.61 bits per heavy atom. The fourth-order valence-corrected chi connectivity index (χ4v) is 7.34. The zero-order valence-corrected chi connectivity index (χ0v) is 28.3. The van der Waals surface area contributed by atoms with E-state index in [0.29, 0.717) is 57.9 Å². The van der Waals surface area contributed by atoms with Gasteiger partial charge in [-0.1, -0.05) is 60.7 Å². The van der Waals surface area contributed by atoms with Gasteiger partial charge in [0.2, 0.25) is 0 Å². The number of hydrogen-bond acceptors (Lipinski definition) is 10. The van der Waals surface area contributed by atoms with Gasteiger partial charge in [-0.25, -0.2) is 4.79 Å². The highest BCUT2D eigenvalue weighted by molar-refractivity contribution is 5.87. The van der Waals surface area contributed by atoms with E-state index < -0.39 is 6.09 Å². The molecular formula is C38H43N7O4. The number of nitrogens with zero attached hydrogens (tertiary/aromatic N) is 7. The van der Waals surface area contributed by atoms with E-state index in [1.807, 2.05) is 36.4 Å². The summed E-state index contributed by atoms with van der Waals surface area (Å²) in [6, 6.07) is 24.8. The van der Waals surface area contributed by atoms with Crippen molar-refractivity contribution in [2.24, 2.45) is 0 Å². The first-order chi connectivity index (χ1) is 24.0.